The van der Waals surface area contributed by atoms with Gasteiger partial charge < -0.3 is 10.2 Å². The molecule has 0 atom stereocenters. The van der Waals surface area contributed by atoms with Crippen LogP contribution in [0.25, 0.3) is 0 Å². The molecule has 6 nitrogen and oxygen atoms in total. The fourth-order valence-corrected chi connectivity index (χ4v) is 4.19. The third-order valence-electron chi connectivity index (χ3n) is 4.74. The number of sulfonamides is 1. The van der Waals surface area contributed by atoms with E-state index in [0.29, 0.717) is 41.2 Å². The third-order valence-corrected chi connectivity index (χ3v) is 7.02. The number of hydrogen-bond donors (Lipinski definition) is 2. The summed E-state index contributed by atoms with van der Waals surface area (Å²) >= 11 is 11.9. The molecule has 0 aromatic heterocycles. The molecular formula is C18H27Cl2N3O3S. The van der Waals surface area contributed by atoms with E-state index in [0.717, 1.165) is 25.9 Å². The van der Waals surface area contributed by atoms with Gasteiger partial charge in [0.15, 0.2) is 0 Å². The summed E-state index contributed by atoms with van der Waals surface area (Å²) in [6.45, 7) is 6.86. The van der Waals surface area contributed by atoms with E-state index in [2.05, 4.69) is 14.9 Å². The Hall–Kier alpha value is -0.860. The van der Waals surface area contributed by atoms with Gasteiger partial charge in [-0.25, -0.2) is 13.1 Å². The van der Waals surface area contributed by atoms with Crippen LogP contribution < -0.4 is 10.0 Å². The number of amides is 1. The number of benzene rings is 1. The quantitative estimate of drug-likeness (QED) is 0.657. The molecule has 1 amide bonds. The zero-order valence-corrected chi connectivity index (χ0v) is 18.0. The van der Waals surface area contributed by atoms with Crippen LogP contribution in [-0.2, 0) is 10.0 Å². The molecule has 0 bridgehead atoms. The predicted octanol–water partition coefficient (Wildman–Crippen LogP) is 2.76. The van der Waals surface area contributed by atoms with Crippen LogP contribution in [0.4, 0.5) is 0 Å². The van der Waals surface area contributed by atoms with Crippen LogP contribution in [0.3, 0.4) is 0 Å². The third kappa shape index (κ3) is 7.23. The van der Waals surface area contributed by atoms with Crippen molar-refractivity contribution in [3.8, 4) is 0 Å². The zero-order chi connectivity index (χ0) is 20.0. The van der Waals surface area contributed by atoms with E-state index in [1.807, 2.05) is 0 Å². The van der Waals surface area contributed by atoms with E-state index in [9.17, 15) is 13.2 Å². The number of carbonyl (C=O) groups is 1. The molecule has 0 saturated carbocycles. The van der Waals surface area contributed by atoms with Crippen molar-refractivity contribution in [2.45, 2.75) is 31.9 Å². The molecule has 152 valence electrons. The summed E-state index contributed by atoms with van der Waals surface area (Å²) in [5, 5.41) is 3.41. The van der Waals surface area contributed by atoms with Crippen molar-refractivity contribution in [2.75, 3.05) is 32.7 Å². The minimum atomic E-state index is -3.20. The first kappa shape index (κ1) is 22.4. The van der Waals surface area contributed by atoms with Gasteiger partial charge in [0.05, 0.1) is 5.25 Å². The average Bonchev–Trinajstić information content (AvgIpc) is 2.59. The lowest BCUT2D eigenvalue weighted by Gasteiger charge is -2.32. The van der Waals surface area contributed by atoms with Gasteiger partial charge in [0.1, 0.15) is 0 Å². The number of nitrogens with one attached hydrogen (secondary N) is 2. The molecule has 1 aliphatic heterocycles. The van der Waals surface area contributed by atoms with Crippen molar-refractivity contribution in [3.63, 3.8) is 0 Å². The molecule has 1 aromatic rings. The van der Waals surface area contributed by atoms with E-state index in [-0.39, 0.29) is 5.91 Å². The van der Waals surface area contributed by atoms with E-state index in [1.54, 1.807) is 32.0 Å². The van der Waals surface area contributed by atoms with Crippen LogP contribution in [0.1, 0.15) is 37.0 Å². The fraction of sp³-hybridized carbons (Fsp3) is 0.611. The molecule has 1 saturated heterocycles. The van der Waals surface area contributed by atoms with Crippen LogP contribution in [0, 0.1) is 5.92 Å². The molecule has 1 aliphatic rings. The Labute approximate surface area is 171 Å². The highest BCUT2D eigenvalue weighted by Crippen LogP contribution is 2.20. The first-order valence-electron chi connectivity index (χ1n) is 9.12. The Bertz CT molecular complexity index is 728. The lowest BCUT2D eigenvalue weighted by atomic mass is 9.96. The van der Waals surface area contributed by atoms with Crippen molar-refractivity contribution in [1.82, 2.24) is 14.9 Å². The van der Waals surface area contributed by atoms with Gasteiger partial charge in [-0.05, 0) is 63.9 Å². The maximum Gasteiger partial charge on any atom is 0.251 e. The summed E-state index contributed by atoms with van der Waals surface area (Å²) < 4.78 is 26.1. The summed E-state index contributed by atoms with van der Waals surface area (Å²) in [6, 6.07) is 4.80. The maximum absolute atomic E-state index is 12.2. The molecule has 1 heterocycles. The second kappa shape index (κ2) is 10.1. The summed E-state index contributed by atoms with van der Waals surface area (Å²) in [4.78, 5) is 14.5. The van der Waals surface area contributed by atoms with Crippen LogP contribution in [0.15, 0.2) is 18.2 Å². The molecule has 2 rings (SSSR count). The highest BCUT2D eigenvalue weighted by atomic mass is 35.5. The van der Waals surface area contributed by atoms with Crippen molar-refractivity contribution in [1.29, 1.82) is 0 Å². The van der Waals surface area contributed by atoms with E-state index in [4.69, 9.17) is 23.2 Å². The second-order valence-corrected chi connectivity index (χ2v) is 10.3. The Kier molecular flexibility index (Phi) is 8.37. The maximum atomic E-state index is 12.2. The van der Waals surface area contributed by atoms with Crippen molar-refractivity contribution in [2.24, 2.45) is 5.92 Å². The Morgan fingerprint density at radius 2 is 1.78 bits per heavy atom. The lowest BCUT2D eigenvalue weighted by molar-refractivity contribution is 0.0936. The number of carbonyl (C=O) groups excluding carboxylic acids is 1. The van der Waals surface area contributed by atoms with Crippen LogP contribution in [-0.4, -0.2) is 57.2 Å². The summed E-state index contributed by atoms with van der Waals surface area (Å²) in [5.41, 5.74) is 0.461. The summed E-state index contributed by atoms with van der Waals surface area (Å²) in [5.74, 6) is 0.233. The van der Waals surface area contributed by atoms with Gasteiger partial charge in [0.25, 0.3) is 5.91 Å². The number of likely N-dealkylation sites (tertiary alicyclic amines) is 1. The van der Waals surface area contributed by atoms with Gasteiger partial charge >= 0.3 is 0 Å². The van der Waals surface area contributed by atoms with Gasteiger partial charge in [-0.2, -0.15) is 0 Å². The summed E-state index contributed by atoms with van der Waals surface area (Å²) in [7, 11) is -3.20. The molecule has 1 aromatic carbocycles. The minimum absolute atomic E-state index is 0.176. The normalized spacial score (nSPS) is 16.6. The zero-order valence-electron chi connectivity index (χ0n) is 15.7. The number of nitrogens with zero attached hydrogens (tertiary/aromatic N) is 1. The lowest BCUT2D eigenvalue weighted by Crippen LogP contribution is -2.42. The molecule has 0 spiro atoms. The standard InChI is InChI=1S/C18H27Cl2N3O3S/c1-13(2)27(25,26)22-5-8-23-6-3-14(4-7-23)12-21-18(24)15-9-16(19)11-17(20)10-15/h9-11,13-14,22H,3-8,12H2,1-2H3,(H,21,24). The van der Waals surface area contributed by atoms with Crippen LogP contribution >= 0.6 is 23.2 Å². The van der Waals surface area contributed by atoms with Crippen molar-refractivity contribution in [3.05, 3.63) is 33.8 Å². The largest absolute Gasteiger partial charge is 0.352 e. The molecule has 0 radical (unpaired) electrons. The van der Waals surface area contributed by atoms with Crippen LogP contribution in [0.2, 0.25) is 10.0 Å². The SMILES string of the molecule is CC(C)S(=O)(=O)NCCN1CCC(CNC(=O)c2cc(Cl)cc(Cl)c2)CC1. The smallest absolute Gasteiger partial charge is 0.251 e. The van der Waals surface area contributed by atoms with Crippen molar-refractivity contribution >= 4 is 39.1 Å². The predicted molar refractivity (Wildman–Crippen MR) is 110 cm³/mol. The minimum Gasteiger partial charge on any atom is -0.352 e. The first-order valence-corrected chi connectivity index (χ1v) is 11.4. The number of halogens is 2. The van der Waals surface area contributed by atoms with E-state index < -0.39 is 15.3 Å². The second-order valence-electron chi connectivity index (χ2n) is 7.14. The van der Waals surface area contributed by atoms with E-state index >= 15 is 0 Å². The highest BCUT2D eigenvalue weighted by molar-refractivity contribution is 7.90. The Morgan fingerprint density at radius 1 is 1.19 bits per heavy atom. The molecule has 0 aliphatic carbocycles. The summed E-state index contributed by atoms with van der Waals surface area (Å²) in [6.07, 6.45) is 1.93. The Balaban J connectivity index is 1.69. The monoisotopic (exact) mass is 435 g/mol. The van der Waals surface area contributed by atoms with Gasteiger partial charge in [0.2, 0.25) is 10.0 Å². The number of hydrogen-bond acceptors (Lipinski definition) is 4. The fourth-order valence-electron chi connectivity index (χ4n) is 2.95. The topological polar surface area (TPSA) is 78.5 Å². The number of rotatable bonds is 8. The molecular weight excluding hydrogens is 409 g/mol. The molecule has 27 heavy (non-hydrogen) atoms. The van der Waals surface area contributed by atoms with Gasteiger partial charge in [-0.15, -0.1) is 0 Å². The number of piperidine rings is 1. The van der Waals surface area contributed by atoms with E-state index in [1.165, 1.54) is 0 Å². The molecule has 2 N–H and O–H groups in total. The molecule has 0 unspecified atom stereocenters. The average molecular weight is 436 g/mol. The van der Waals surface area contributed by atoms with Crippen LogP contribution in [0.5, 0.6) is 0 Å². The molecule has 1 fully saturated rings. The van der Waals surface area contributed by atoms with Crippen molar-refractivity contribution < 1.29 is 13.2 Å². The Morgan fingerprint density at radius 3 is 2.33 bits per heavy atom. The van der Waals surface area contributed by atoms with Gasteiger partial charge in [-0.3, -0.25) is 4.79 Å². The van der Waals surface area contributed by atoms with Gasteiger partial charge in [-0.1, -0.05) is 23.2 Å². The first-order chi connectivity index (χ1) is 12.7. The molecule has 9 heteroatoms. The van der Waals surface area contributed by atoms with Gasteiger partial charge in [0, 0.05) is 35.2 Å². The highest BCUT2D eigenvalue weighted by Gasteiger charge is 2.21.